The second-order valence-corrected chi connectivity index (χ2v) is 8.89. The molecule has 178 valence electrons. The highest BCUT2D eigenvalue weighted by atomic mass is 16.5. The van der Waals surface area contributed by atoms with Gasteiger partial charge in [0, 0.05) is 37.0 Å². The average molecular weight is 462 g/mol. The molecule has 1 saturated heterocycles. The predicted octanol–water partition coefficient (Wildman–Crippen LogP) is 2.57. The van der Waals surface area contributed by atoms with Crippen molar-refractivity contribution in [2.45, 2.75) is 38.4 Å². The number of rotatable bonds is 6. The van der Waals surface area contributed by atoms with Gasteiger partial charge in [-0.15, -0.1) is 10.2 Å². The number of amides is 1. The summed E-state index contributed by atoms with van der Waals surface area (Å²) in [5, 5.41) is 22.0. The first kappa shape index (κ1) is 22.4. The van der Waals surface area contributed by atoms with Gasteiger partial charge in [0.05, 0.1) is 25.2 Å². The third kappa shape index (κ3) is 4.76. The zero-order chi connectivity index (χ0) is 23.5. The number of benzene rings is 2. The van der Waals surface area contributed by atoms with Gasteiger partial charge in [-0.2, -0.15) is 0 Å². The summed E-state index contributed by atoms with van der Waals surface area (Å²) in [5.74, 6) is 2.54. The van der Waals surface area contributed by atoms with Gasteiger partial charge >= 0.3 is 0 Å². The summed E-state index contributed by atoms with van der Waals surface area (Å²) in [6, 6.07) is 13.8. The molecule has 34 heavy (non-hydrogen) atoms. The molecule has 0 aliphatic carbocycles. The van der Waals surface area contributed by atoms with Crippen LogP contribution in [0.2, 0.25) is 0 Å². The van der Waals surface area contributed by atoms with E-state index in [-0.39, 0.29) is 18.0 Å². The number of nitrogens with zero attached hydrogens (tertiary/aromatic N) is 3. The Hall–Kier alpha value is -3.43. The van der Waals surface area contributed by atoms with E-state index in [0.717, 1.165) is 60.3 Å². The molecule has 1 unspecified atom stereocenters. The Kier molecular flexibility index (Phi) is 6.46. The first-order chi connectivity index (χ1) is 16.6. The van der Waals surface area contributed by atoms with E-state index in [4.69, 9.17) is 4.74 Å². The molecule has 9 heteroatoms. The largest absolute Gasteiger partial charge is 0.493 e. The Morgan fingerprint density at radius 3 is 2.97 bits per heavy atom. The van der Waals surface area contributed by atoms with E-state index in [0.29, 0.717) is 18.7 Å². The van der Waals surface area contributed by atoms with Gasteiger partial charge in [-0.1, -0.05) is 23.8 Å². The van der Waals surface area contributed by atoms with Gasteiger partial charge in [0.25, 0.3) is 5.91 Å². The number of aromatic nitrogens is 3. The summed E-state index contributed by atoms with van der Waals surface area (Å²) in [7, 11) is 1.99. The summed E-state index contributed by atoms with van der Waals surface area (Å²) < 4.78 is 7.80. The molecule has 0 spiro atoms. The van der Waals surface area contributed by atoms with Crippen LogP contribution in [0.1, 0.15) is 58.1 Å². The van der Waals surface area contributed by atoms with Gasteiger partial charge in [0.15, 0.2) is 5.82 Å². The van der Waals surface area contributed by atoms with E-state index >= 15 is 0 Å². The van der Waals surface area contributed by atoms with E-state index in [1.165, 1.54) is 0 Å². The molecule has 9 nitrogen and oxygen atoms in total. The van der Waals surface area contributed by atoms with E-state index < -0.39 is 0 Å². The lowest BCUT2D eigenvalue weighted by atomic mass is 9.98. The molecule has 1 aromatic heterocycles. The first-order valence-electron chi connectivity index (χ1n) is 11.8. The monoisotopic (exact) mass is 461 g/mol. The van der Waals surface area contributed by atoms with Crippen molar-refractivity contribution < 1.29 is 9.53 Å². The summed E-state index contributed by atoms with van der Waals surface area (Å²) in [5.41, 5.74) is 3.66. The normalized spacial score (nSPS) is 19.7. The second-order valence-electron chi connectivity index (χ2n) is 8.89. The molecule has 1 amide bonds. The minimum atomic E-state index is -0.0964. The van der Waals surface area contributed by atoms with Gasteiger partial charge in [0.1, 0.15) is 11.6 Å². The van der Waals surface area contributed by atoms with Crippen LogP contribution in [0.3, 0.4) is 0 Å². The fraction of sp³-hybridized carbons (Fsp3) is 0.400. The smallest absolute Gasteiger partial charge is 0.251 e. The lowest BCUT2D eigenvalue weighted by Gasteiger charge is -2.27. The van der Waals surface area contributed by atoms with E-state index in [1.807, 2.05) is 54.9 Å². The zero-order valence-corrected chi connectivity index (χ0v) is 19.6. The average Bonchev–Trinajstić information content (AvgIpc) is 3.24. The van der Waals surface area contributed by atoms with Crippen LogP contribution in [0, 0.1) is 6.92 Å². The summed E-state index contributed by atoms with van der Waals surface area (Å²) in [4.78, 5) is 13.0. The van der Waals surface area contributed by atoms with Crippen molar-refractivity contribution in [1.82, 2.24) is 30.7 Å². The van der Waals surface area contributed by atoms with Crippen LogP contribution in [0.25, 0.3) is 0 Å². The van der Waals surface area contributed by atoms with Crippen LogP contribution < -0.4 is 26.0 Å². The second kappa shape index (κ2) is 9.82. The Morgan fingerprint density at radius 2 is 2.12 bits per heavy atom. The number of carbonyl (C=O) groups is 1. The number of aryl methyl sites for hydroxylation is 1. The number of hydrogen-bond acceptors (Lipinski definition) is 7. The number of carbonyl (C=O) groups excluding carboxylic acids is 1. The highest BCUT2D eigenvalue weighted by Gasteiger charge is 2.24. The minimum Gasteiger partial charge on any atom is -0.493 e. The molecule has 2 aliphatic rings. The Bertz CT molecular complexity index is 1170. The van der Waals surface area contributed by atoms with Crippen molar-refractivity contribution >= 4 is 11.6 Å². The maximum absolute atomic E-state index is 13.0. The summed E-state index contributed by atoms with van der Waals surface area (Å²) in [6.07, 6.45) is 1.73. The molecule has 3 heterocycles. The molecule has 0 saturated carbocycles. The predicted molar refractivity (Wildman–Crippen MR) is 130 cm³/mol. The number of hydrogen-bond donors (Lipinski definition) is 4. The molecule has 0 bridgehead atoms. The lowest BCUT2D eigenvalue weighted by molar-refractivity contribution is 0.0925. The summed E-state index contributed by atoms with van der Waals surface area (Å²) >= 11 is 0. The first-order valence-corrected chi connectivity index (χ1v) is 11.8. The Balaban J connectivity index is 1.24. The maximum Gasteiger partial charge on any atom is 0.251 e. The highest BCUT2D eigenvalue weighted by molar-refractivity contribution is 5.95. The van der Waals surface area contributed by atoms with Crippen LogP contribution in [0.15, 0.2) is 42.5 Å². The Morgan fingerprint density at radius 1 is 1.21 bits per heavy atom. The topological polar surface area (TPSA) is 105 Å². The molecule has 5 rings (SSSR count). The van der Waals surface area contributed by atoms with Crippen LogP contribution in [-0.4, -0.2) is 40.5 Å². The lowest BCUT2D eigenvalue weighted by Crippen LogP contribution is -2.40. The van der Waals surface area contributed by atoms with E-state index in [2.05, 4.69) is 37.5 Å². The highest BCUT2D eigenvalue weighted by Crippen LogP contribution is 2.33. The van der Waals surface area contributed by atoms with Crippen molar-refractivity contribution in [3.8, 4) is 5.75 Å². The molecular formula is C25H31N7O2. The van der Waals surface area contributed by atoms with Gasteiger partial charge in [0.2, 0.25) is 0 Å². The van der Waals surface area contributed by atoms with E-state index in [9.17, 15) is 4.79 Å². The zero-order valence-electron chi connectivity index (χ0n) is 19.6. The molecule has 2 atom stereocenters. The fourth-order valence-electron chi connectivity index (χ4n) is 4.54. The number of anilines is 1. The third-order valence-corrected chi connectivity index (χ3v) is 6.48. The van der Waals surface area contributed by atoms with Crippen LogP contribution in [0.4, 0.5) is 5.69 Å². The molecule has 0 radical (unpaired) electrons. The molecule has 4 N–H and O–H groups in total. The van der Waals surface area contributed by atoms with Crippen molar-refractivity contribution in [1.29, 1.82) is 0 Å². The molecule has 1 fully saturated rings. The van der Waals surface area contributed by atoms with Crippen molar-refractivity contribution in [2.75, 3.05) is 25.1 Å². The van der Waals surface area contributed by atoms with Crippen LogP contribution >= 0.6 is 0 Å². The maximum atomic E-state index is 13.0. The van der Waals surface area contributed by atoms with Crippen molar-refractivity contribution in [3.63, 3.8) is 0 Å². The molecule has 3 aromatic rings. The fourth-order valence-corrected chi connectivity index (χ4v) is 4.54. The third-order valence-electron chi connectivity index (χ3n) is 6.48. The SMILES string of the molecule is Cc1ccc2c(c1)[C@H](NC(=O)c1cccc(NCc3nnc(C4CCNCN4)n3C)c1)CCO2. The van der Waals surface area contributed by atoms with Crippen molar-refractivity contribution in [2.24, 2.45) is 7.05 Å². The number of nitrogens with one attached hydrogen (secondary N) is 4. The minimum absolute atomic E-state index is 0.0616. The standard InChI is InChI=1S/C25H31N7O2/c1-16-6-7-22-19(12-16)20(9-11-34-22)29-25(33)17-4-3-5-18(13-17)27-14-23-30-31-24(32(23)2)21-8-10-26-15-28-21/h3-7,12-13,20-21,26-28H,8-11,14-15H2,1-2H3,(H,29,33)/t20-,21?/m1/s1. The van der Waals surface area contributed by atoms with Gasteiger partial charge in [-0.3, -0.25) is 10.1 Å². The molecule has 2 aliphatic heterocycles. The van der Waals surface area contributed by atoms with Crippen molar-refractivity contribution in [3.05, 3.63) is 70.8 Å². The number of fused-ring (bicyclic) bond motifs is 1. The quantitative estimate of drug-likeness (QED) is 0.447. The summed E-state index contributed by atoms with van der Waals surface area (Å²) in [6.45, 7) is 4.90. The van der Waals surface area contributed by atoms with Gasteiger partial charge < -0.3 is 25.3 Å². The van der Waals surface area contributed by atoms with Crippen LogP contribution in [0.5, 0.6) is 5.75 Å². The van der Waals surface area contributed by atoms with E-state index in [1.54, 1.807) is 0 Å². The molecular weight excluding hydrogens is 430 g/mol. The number of ether oxygens (including phenoxy) is 1. The van der Waals surface area contributed by atoms with Gasteiger partial charge in [-0.05, 0) is 44.2 Å². The van der Waals surface area contributed by atoms with Gasteiger partial charge in [-0.25, -0.2) is 0 Å². The Labute approximate surface area is 199 Å². The van der Waals surface area contributed by atoms with Crippen LogP contribution in [-0.2, 0) is 13.6 Å². The molecule has 2 aromatic carbocycles.